The molecule has 0 N–H and O–H groups in total. The predicted molar refractivity (Wildman–Crippen MR) is 102 cm³/mol. The average Bonchev–Trinajstić information content (AvgIpc) is 2.59. The lowest BCUT2D eigenvalue weighted by atomic mass is 9.85. The van der Waals surface area contributed by atoms with E-state index >= 15 is 0 Å². The van der Waals surface area contributed by atoms with Crippen LogP contribution in [0.5, 0.6) is 5.75 Å². The molecule has 1 aliphatic heterocycles. The first kappa shape index (κ1) is 17.5. The molecule has 0 unspecified atom stereocenters. The lowest BCUT2D eigenvalue weighted by Crippen LogP contribution is -2.38. The maximum absolute atomic E-state index is 12.8. The van der Waals surface area contributed by atoms with E-state index in [2.05, 4.69) is 39.8 Å². The number of anilines is 1. The van der Waals surface area contributed by atoms with Crippen LogP contribution in [0.15, 0.2) is 42.5 Å². The molecule has 0 saturated carbocycles. The molecule has 1 aliphatic rings. The second kappa shape index (κ2) is 6.91. The summed E-state index contributed by atoms with van der Waals surface area (Å²) >= 11 is 0. The van der Waals surface area contributed by atoms with Gasteiger partial charge in [-0.1, -0.05) is 56.7 Å². The molecule has 3 rings (SSSR count). The zero-order chi connectivity index (χ0) is 18.0. The fourth-order valence-corrected chi connectivity index (χ4v) is 3.37. The van der Waals surface area contributed by atoms with Gasteiger partial charge in [0.1, 0.15) is 5.75 Å². The number of aryl methyl sites for hydroxylation is 2. The average molecular weight is 337 g/mol. The molecule has 1 amide bonds. The van der Waals surface area contributed by atoms with Crippen molar-refractivity contribution < 1.29 is 9.53 Å². The molecule has 0 fully saturated rings. The van der Waals surface area contributed by atoms with Gasteiger partial charge in [0.05, 0.1) is 0 Å². The van der Waals surface area contributed by atoms with Crippen LogP contribution < -0.4 is 9.64 Å². The third-order valence-corrected chi connectivity index (χ3v) is 4.71. The van der Waals surface area contributed by atoms with Crippen molar-refractivity contribution >= 4 is 11.6 Å². The van der Waals surface area contributed by atoms with Gasteiger partial charge < -0.3 is 9.64 Å². The molecule has 0 radical (unpaired) electrons. The minimum atomic E-state index is -0.0257. The number of carbonyl (C=O) groups excluding carboxylic acids is 1. The molecule has 3 nitrogen and oxygen atoms in total. The third-order valence-electron chi connectivity index (χ3n) is 4.71. The van der Waals surface area contributed by atoms with Crippen molar-refractivity contribution in [3.8, 4) is 5.75 Å². The molecule has 2 aromatic rings. The molecule has 1 heterocycles. The molecular weight excluding hydrogens is 310 g/mol. The highest BCUT2D eigenvalue weighted by atomic mass is 16.5. The van der Waals surface area contributed by atoms with Gasteiger partial charge >= 0.3 is 0 Å². The van der Waals surface area contributed by atoms with E-state index in [1.165, 1.54) is 11.1 Å². The summed E-state index contributed by atoms with van der Waals surface area (Å²) in [6, 6.07) is 14.3. The number of carbonyl (C=O) groups is 1. The van der Waals surface area contributed by atoms with E-state index in [1.54, 1.807) is 0 Å². The second-order valence-electron chi connectivity index (χ2n) is 7.82. The van der Waals surface area contributed by atoms with Gasteiger partial charge in [-0.15, -0.1) is 0 Å². The Kier molecular flexibility index (Phi) is 4.85. The summed E-state index contributed by atoms with van der Waals surface area (Å²) in [5, 5.41) is 0. The number of fused-ring (bicyclic) bond motifs is 1. The van der Waals surface area contributed by atoms with Crippen molar-refractivity contribution in [2.75, 3.05) is 18.1 Å². The fourth-order valence-electron chi connectivity index (χ4n) is 3.37. The van der Waals surface area contributed by atoms with Gasteiger partial charge in [0, 0.05) is 12.2 Å². The lowest BCUT2D eigenvalue weighted by Gasteiger charge is -2.30. The van der Waals surface area contributed by atoms with Gasteiger partial charge in [-0.3, -0.25) is 4.79 Å². The van der Waals surface area contributed by atoms with Crippen LogP contribution in [0.3, 0.4) is 0 Å². The van der Waals surface area contributed by atoms with Gasteiger partial charge in [0.2, 0.25) is 0 Å². The maximum Gasteiger partial charge on any atom is 0.264 e. The summed E-state index contributed by atoms with van der Waals surface area (Å²) in [4.78, 5) is 14.6. The van der Waals surface area contributed by atoms with E-state index < -0.39 is 0 Å². The Balaban J connectivity index is 1.76. The minimum absolute atomic E-state index is 0.0209. The summed E-state index contributed by atoms with van der Waals surface area (Å²) in [6.07, 6.45) is 2.04. The van der Waals surface area contributed by atoms with Crippen LogP contribution in [0.25, 0.3) is 0 Å². The summed E-state index contributed by atoms with van der Waals surface area (Å²) in [7, 11) is 0. The Morgan fingerprint density at radius 1 is 1.16 bits per heavy atom. The number of rotatable bonds is 3. The van der Waals surface area contributed by atoms with Crippen LogP contribution in [0, 0.1) is 6.92 Å². The first-order valence-electron chi connectivity index (χ1n) is 8.98. The number of amides is 1. The maximum atomic E-state index is 12.8. The summed E-state index contributed by atoms with van der Waals surface area (Å²) in [5.74, 6) is 0.823. The molecule has 0 spiro atoms. The highest BCUT2D eigenvalue weighted by Crippen LogP contribution is 2.32. The number of hydrogen-bond donors (Lipinski definition) is 0. The van der Waals surface area contributed by atoms with Gasteiger partial charge in [0.15, 0.2) is 6.61 Å². The minimum Gasteiger partial charge on any atom is -0.483 e. The molecule has 0 atom stereocenters. The number of ether oxygens (including phenoxy) is 1. The molecule has 0 aromatic heterocycles. The van der Waals surface area contributed by atoms with Crippen LogP contribution in [0.4, 0.5) is 5.69 Å². The van der Waals surface area contributed by atoms with E-state index in [9.17, 15) is 4.79 Å². The van der Waals surface area contributed by atoms with Gasteiger partial charge in [-0.2, -0.15) is 0 Å². The topological polar surface area (TPSA) is 29.5 Å². The van der Waals surface area contributed by atoms with Crippen LogP contribution >= 0.6 is 0 Å². The first-order chi connectivity index (χ1) is 11.9. The van der Waals surface area contributed by atoms with E-state index in [-0.39, 0.29) is 17.9 Å². The summed E-state index contributed by atoms with van der Waals surface area (Å²) in [5.41, 5.74) is 4.59. The number of benzene rings is 2. The highest BCUT2D eigenvalue weighted by Gasteiger charge is 2.24. The van der Waals surface area contributed by atoms with Crippen molar-refractivity contribution in [2.24, 2.45) is 0 Å². The second-order valence-corrected chi connectivity index (χ2v) is 7.82. The summed E-state index contributed by atoms with van der Waals surface area (Å²) in [6.45, 7) is 9.40. The Bertz CT molecular complexity index is 774. The Morgan fingerprint density at radius 3 is 2.68 bits per heavy atom. The predicted octanol–water partition coefficient (Wildman–Crippen LogP) is 4.65. The quantitative estimate of drug-likeness (QED) is 0.816. The Morgan fingerprint density at radius 2 is 1.92 bits per heavy atom. The van der Waals surface area contributed by atoms with Crippen molar-refractivity contribution in [2.45, 2.75) is 46.0 Å². The Labute approximate surface area is 150 Å². The third kappa shape index (κ3) is 3.87. The molecule has 2 aromatic carbocycles. The van der Waals surface area contributed by atoms with Crippen LogP contribution in [-0.2, 0) is 16.6 Å². The smallest absolute Gasteiger partial charge is 0.264 e. The van der Waals surface area contributed by atoms with Crippen molar-refractivity contribution in [1.29, 1.82) is 0 Å². The largest absolute Gasteiger partial charge is 0.483 e. The van der Waals surface area contributed by atoms with Gasteiger partial charge in [-0.05, 0) is 48.4 Å². The van der Waals surface area contributed by atoms with Crippen molar-refractivity contribution in [1.82, 2.24) is 0 Å². The first-order valence-corrected chi connectivity index (χ1v) is 8.98. The molecule has 3 heteroatoms. The number of nitrogens with zero attached hydrogens (tertiary/aromatic N) is 1. The molecule has 132 valence electrons. The summed E-state index contributed by atoms with van der Waals surface area (Å²) < 4.78 is 5.96. The van der Waals surface area contributed by atoms with E-state index in [0.29, 0.717) is 0 Å². The van der Waals surface area contributed by atoms with Crippen LogP contribution in [0.1, 0.15) is 43.9 Å². The van der Waals surface area contributed by atoms with E-state index in [4.69, 9.17) is 4.74 Å². The van der Waals surface area contributed by atoms with Crippen molar-refractivity contribution in [3.63, 3.8) is 0 Å². The number of para-hydroxylation sites is 1. The number of hydrogen-bond acceptors (Lipinski definition) is 2. The normalized spacial score (nSPS) is 14.2. The van der Waals surface area contributed by atoms with Crippen LogP contribution in [0.2, 0.25) is 0 Å². The van der Waals surface area contributed by atoms with Gasteiger partial charge in [-0.25, -0.2) is 0 Å². The SMILES string of the molecule is Cc1ccc(OCC(=O)N2CCCc3ccccc32)c(C(C)(C)C)c1. The van der Waals surface area contributed by atoms with Gasteiger partial charge in [0.25, 0.3) is 5.91 Å². The highest BCUT2D eigenvalue weighted by molar-refractivity contribution is 5.95. The molecule has 0 bridgehead atoms. The van der Waals surface area contributed by atoms with Crippen LogP contribution in [-0.4, -0.2) is 19.1 Å². The zero-order valence-electron chi connectivity index (χ0n) is 15.6. The zero-order valence-corrected chi connectivity index (χ0v) is 15.6. The van der Waals surface area contributed by atoms with E-state index in [0.717, 1.165) is 36.4 Å². The lowest BCUT2D eigenvalue weighted by molar-refractivity contribution is -0.120. The van der Waals surface area contributed by atoms with Crippen molar-refractivity contribution in [3.05, 3.63) is 59.2 Å². The fraction of sp³-hybridized carbons (Fsp3) is 0.409. The Hall–Kier alpha value is -2.29. The molecule has 25 heavy (non-hydrogen) atoms. The standard InChI is InChI=1S/C22H27NO2/c1-16-11-12-20(18(14-16)22(2,3)4)25-15-21(24)23-13-7-9-17-8-5-6-10-19(17)23/h5-6,8,10-12,14H,7,9,13,15H2,1-4H3. The molecule has 0 saturated heterocycles. The monoisotopic (exact) mass is 337 g/mol. The van der Waals surface area contributed by atoms with E-state index in [1.807, 2.05) is 35.2 Å². The molecular formula is C22H27NO2. The molecule has 0 aliphatic carbocycles.